The van der Waals surface area contributed by atoms with Gasteiger partial charge in [-0.15, -0.1) is 0 Å². The number of carbonyl (C=O) groups excluding carboxylic acids is 1. The molecule has 5 heteroatoms. The molecule has 0 bridgehead atoms. The Kier molecular flexibility index (Phi) is 4.78. The summed E-state index contributed by atoms with van der Waals surface area (Å²) in [6, 6.07) is 12.0. The van der Waals surface area contributed by atoms with E-state index in [1.54, 1.807) is 44.4 Å². The Morgan fingerprint density at radius 1 is 1.18 bits per heavy atom. The second kappa shape index (κ2) is 6.76. The first-order valence-electron chi connectivity index (χ1n) is 6.80. The van der Waals surface area contributed by atoms with E-state index in [1.807, 2.05) is 19.1 Å². The number of carbonyl (C=O) groups is 1. The van der Waals surface area contributed by atoms with E-state index in [0.717, 1.165) is 5.56 Å². The molecule has 2 aromatic carbocycles. The highest BCUT2D eigenvalue weighted by Gasteiger charge is 2.07. The van der Waals surface area contributed by atoms with Crippen LogP contribution in [0.4, 0.5) is 0 Å². The Hall–Kier alpha value is -2.82. The Morgan fingerprint density at radius 2 is 1.86 bits per heavy atom. The first-order chi connectivity index (χ1) is 10.5. The van der Waals surface area contributed by atoms with E-state index < -0.39 is 0 Å². The van der Waals surface area contributed by atoms with Crippen LogP contribution < -0.4 is 10.2 Å². The van der Waals surface area contributed by atoms with Gasteiger partial charge in [0, 0.05) is 11.1 Å². The lowest BCUT2D eigenvalue weighted by Crippen LogP contribution is -2.19. The second-order valence-electron chi connectivity index (χ2n) is 4.89. The molecule has 0 aromatic heterocycles. The first kappa shape index (κ1) is 15.6. The summed E-state index contributed by atoms with van der Waals surface area (Å²) in [4.78, 5) is 12.0. The number of hydrogen-bond donors (Lipinski definition) is 2. The van der Waals surface area contributed by atoms with Gasteiger partial charge in [0.15, 0.2) is 0 Å². The van der Waals surface area contributed by atoms with Crippen molar-refractivity contribution in [3.8, 4) is 11.5 Å². The summed E-state index contributed by atoms with van der Waals surface area (Å²) in [6.45, 7) is 3.65. The van der Waals surface area contributed by atoms with Crippen LogP contribution in [0.3, 0.4) is 0 Å². The average Bonchev–Trinajstić information content (AvgIpc) is 2.54. The standard InChI is InChI=1S/C17H18N2O3/c1-11-4-9-16(20)15(10-11)12(2)18-19-17(21)13-5-7-14(22-3)8-6-13/h4-10,20H,1-3H3,(H,19,21)/b18-12-. The maximum atomic E-state index is 12.0. The van der Waals surface area contributed by atoms with Crippen molar-refractivity contribution >= 4 is 11.6 Å². The molecular weight excluding hydrogens is 280 g/mol. The highest BCUT2D eigenvalue weighted by molar-refractivity contribution is 6.02. The smallest absolute Gasteiger partial charge is 0.271 e. The summed E-state index contributed by atoms with van der Waals surface area (Å²) < 4.78 is 5.04. The molecule has 0 saturated heterocycles. The molecule has 0 aliphatic carbocycles. The van der Waals surface area contributed by atoms with E-state index in [1.165, 1.54) is 0 Å². The minimum Gasteiger partial charge on any atom is -0.507 e. The number of hydrazone groups is 1. The molecule has 5 nitrogen and oxygen atoms in total. The van der Waals surface area contributed by atoms with Crippen LogP contribution in [-0.2, 0) is 0 Å². The van der Waals surface area contributed by atoms with Crippen molar-refractivity contribution < 1.29 is 14.6 Å². The fourth-order valence-corrected chi connectivity index (χ4v) is 1.94. The van der Waals surface area contributed by atoms with Gasteiger partial charge in [0.05, 0.1) is 12.8 Å². The average molecular weight is 298 g/mol. The number of aryl methyl sites for hydroxylation is 1. The Balaban J connectivity index is 2.12. The number of nitrogens with one attached hydrogen (secondary N) is 1. The molecule has 0 aliphatic rings. The summed E-state index contributed by atoms with van der Waals surface area (Å²) in [6.07, 6.45) is 0. The van der Waals surface area contributed by atoms with Crippen molar-refractivity contribution in [2.75, 3.05) is 7.11 Å². The van der Waals surface area contributed by atoms with Crippen LogP contribution in [-0.4, -0.2) is 23.8 Å². The third kappa shape index (κ3) is 3.63. The molecule has 2 N–H and O–H groups in total. The van der Waals surface area contributed by atoms with Crippen molar-refractivity contribution in [1.29, 1.82) is 0 Å². The number of methoxy groups -OCH3 is 1. The zero-order valence-corrected chi connectivity index (χ0v) is 12.8. The second-order valence-corrected chi connectivity index (χ2v) is 4.89. The highest BCUT2D eigenvalue weighted by Crippen LogP contribution is 2.19. The van der Waals surface area contributed by atoms with Gasteiger partial charge in [0.2, 0.25) is 0 Å². The van der Waals surface area contributed by atoms with Crippen molar-refractivity contribution in [2.45, 2.75) is 13.8 Å². The third-order valence-corrected chi connectivity index (χ3v) is 3.22. The van der Waals surface area contributed by atoms with Gasteiger partial charge in [0.25, 0.3) is 5.91 Å². The van der Waals surface area contributed by atoms with E-state index in [9.17, 15) is 9.90 Å². The van der Waals surface area contributed by atoms with Crippen molar-refractivity contribution in [1.82, 2.24) is 5.43 Å². The fourth-order valence-electron chi connectivity index (χ4n) is 1.94. The van der Waals surface area contributed by atoms with E-state index >= 15 is 0 Å². The third-order valence-electron chi connectivity index (χ3n) is 3.22. The maximum absolute atomic E-state index is 12.0. The summed E-state index contributed by atoms with van der Waals surface area (Å²) in [5.74, 6) is 0.487. The zero-order valence-electron chi connectivity index (χ0n) is 12.8. The minimum atomic E-state index is -0.325. The lowest BCUT2D eigenvalue weighted by molar-refractivity contribution is 0.0955. The van der Waals surface area contributed by atoms with Crippen LogP contribution in [0.5, 0.6) is 11.5 Å². The van der Waals surface area contributed by atoms with Crippen molar-refractivity contribution in [2.24, 2.45) is 5.10 Å². The Bertz CT molecular complexity index is 706. The van der Waals surface area contributed by atoms with E-state index in [-0.39, 0.29) is 11.7 Å². The number of nitrogens with zero attached hydrogens (tertiary/aromatic N) is 1. The molecular formula is C17H18N2O3. The number of ether oxygens (including phenoxy) is 1. The van der Waals surface area contributed by atoms with Crippen molar-refractivity contribution in [3.05, 3.63) is 59.2 Å². The topological polar surface area (TPSA) is 70.9 Å². The number of hydrogen-bond acceptors (Lipinski definition) is 4. The van der Waals surface area contributed by atoms with Gasteiger partial charge < -0.3 is 9.84 Å². The molecule has 0 unspecified atom stereocenters. The number of aromatic hydroxyl groups is 1. The molecule has 22 heavy (non-hydrogen) atoms. The van der Waals surface area contributed by atoms with E-state index in [4.69, 9.17) is 4.74 Å². The largest absolute Gasteiger partial charge is 0.507 e. The van der Waals surface area contributed by atoms with Crippen LogP contribution in [0.15, 0.2) is 47.6 Å². The molecule has 0 heterocycles. The monoisotopic (exact) mass is 298 g/mol. The predicted molar refractivity (Wildman–Crippen MR) is 85.5 cm³/mol. The van der Waals surface area contributed by atoms with Gasteiger partial charge in [-0.05, 0) is 50.2 Å². The molecule has 0 atom stereocenters. The normalized spacial score (nSPS) is 11.1. The molecule has 2 aromatic rings. The molecule has 0 radical (unpaired) electrons. The SMILES string of the molecule is COc1ccc(C(=O)N/N=C(/C)c2cc(C)ccc2O)cc1. The fraction of sp³-hybridized carbons (Fsp3) is 0.176. The first-order valence-corrected chi connectivity index (χ1v) is 6.80. The molecule has 0 aliphatic heterocycles. The Morgan fingerprint density at radius 3 is 2.50 bits per heavy atom. The lowest BCUT2D eigenvalue weighted by atomic mass is 10.1. The van der Waals surface area contributed by atoms with Crippen LogP contribution in [0.1, 0.15) is 28.4 Å². The summed E-state index contributed by atoms with van der Waals surface area (Å²) in [5.41, 5.74) is 5.08. The number of phenols is 1. The predicted octanol–water partition coefficient (Wildman–Crippen LogP) is 2.86. The van der Waals surface area contributed by atoms with Gasteiger partial charge in [0.1, 0.15) is 11.5 Å². The number of benzene rings is 2. The quantitative estimate of drug-likeness (QED) is 0.673. The minimum absolute atomic E-state index is 0.130. The number of rotatable bonds is 4. The molecule has 1 amide bonds. The summed E-state index contributed by atoms with van der Waals surface area (Å²) >= 11 is 0. The number of amides is 1. The Labute approximate surface area is 129 Å². The molecule has 2 rings (SSSR count). The van der Waals surface area contributed by atoms with Gasteiger partial charge >= 0.3 is 0 Å². The molecule has 0 spiro atoms. The van der Waals surface area contributed by atoms with Crippen LogP contribution in [0, 0.1) is 6.92 Å². The van der Waals surface area contributed by atoms with Crippen LogP contribution in [0.2, 0.25) is 0 Å². The molecule has 0 fully saturated rings. The van der Waals surface area contributed by atoms with Crippen LogP contribution >= 0.6 is 0 Å². The summed E-state index contributed by atoms with van der Waals surface area (Å²) in [5, 5.41) is 13.9. The van der Waals surface area contributed by atoms with E-state index in [2.05, 4.69) is 10.5 Å². The highest BCUT2D eigenvalue weighted by atomic mass is 16.5. The van der Waals surface area contributed by atoms with Crippen molar-refractivity contribution in [3.63, 3.8) is 0 Å². The lowest BCUT2D eigenvalue weighted by Gasteiger charge is -2.06. The van der Waals surface area contributed by atoms with Gasteiger partial charge in [-0.25, -0.2) is 5.43 Å². The zero-order chi connectivity index (χ0) is 16.1. The van der Waals surface area contributed by atoms with Gasteiger partial charge in [-0.3, -0.25) is 4.79 Å². The molecule has 114 valence electrons. The van der Waals surface area contributed by atoms with Crippen LogP contribution in [0.25, 0.3) is 0 Å². The summed E-state index contributed by atoms with van der Waals surface area (Å²) in [7, 11) is 1.57. The van der Waals surface area contributed by atoms with Gasteiger partial charge in [-0.2, -0.15) is 5.10 Å². The number of phenolic OH excluding ortho intramolecular Hbond substituents is 1. The maximum Gasteiger partial charge on any atom is 0.271 e. The van der Waals surface area contributed by atoms with Gasteiger partial charge in [-0.1, -0.05) is 11.6 Å². The molecule has 0 saturated carbocycles. The van der Waals surface area contributed by atoms with E-state index in [0.29, 0.717) is 22.6 Å².